The third-order valence-electron chi connectivity index (χ3n) is 5.36. The van der Waals surface area contributed by atoms with Crippen molar-refractivity contribution in [1.82, 2.24) is 4.98 Å². The lowest BCUT2D eigenvalue weighted by Gasteiger charge is -2.20. The molecule has 0 radical (unpaired) electrons. The molecular formula is C27H25ClN2O3S2. The van der Waals surface area contributed by atoms with Crippen LogP contribution in [0.2, 0.25) is 5.02 Å². The van der Waals surface area contributed by atoms with Crippen molar-refractivity contribution in [2.75, 3.05) is 0 Å². The number of thiazole rings is 1. The number of hydrogen-bond acceptors (Lipinski definition) is 6. The average molecular weight is 525 g/mol. The zero-order chi connectivity index (χ0) is 24.8. The van der Waals surface area contributed by atoms with Crippen LogP contribution in [0.4, 0.5) is 0 Å². The molecule has 180 valence electrons. The number of halogens is 1. The Bertz CT molecular complexity index is 1310. The minimum absolute atomic E-state index is 0.00686. The van der Waals surface area contributed by atoms with E-state index in [9.17, 15) is 4.79 Å². The average Bonchev–Trinajstić information content (AvgIpc) is 3.34. The normalized spacial score (nSPS) is 12.8. The highest BCUT2D eigenvalue weighted by Crippen LogP contribution is 2.37. The van der Waals surface area contributed by atoms with Crippen molar-refractivity contribution in [3.8, 4) is 17.0 Å². The molecule has 0 spiro atoms. The van der Waals surface area contributed by atoms with Crippen LogP contribution in [0.3, 0.4) is 0 Å². The van der Waals surface area contributed by atoms with Gasteiger partial charge in [-0.3, -0.25) is 4.79 Å². The predicted molar refractivity (Wildman–Crippen MR) is 142 cm³/mol. The van der Waals surface area contributed by atoms with Crippen molar-refractivity contribution in [1.29, 1.82) is 0 Å². The number of carboxylic acid groups (broad SMARTS) is 1. The van der Waals surface area contributed by atoms with Gasteiger partial charge in [0, 0.05) is 27.2 Å². The van der Waals surface area contributed by atoms with Crippen LogP contribution in [0.25, 0.3) is 11.3 Å². The standard InChI is InChI=1S/C27H25ClN2O3S2/c1-27(29,13-12-25(31)32)26-30-24(17-34-26)22-11-10-21(15-23(22)28)35-20-9-5-8-19(14-20)33-16-18-6-3-2-4-7-18/h2-11,14-15,17H,12-13,16,29H2,1H3,(H,31,32)/t27-/m0/s1. The molecule has 0 amide bonds. The number of nitrogens with zero attached hydrogens (tertiary/aromatic N) is 1. The Kier molecular flexibility index (Phi) is 8.13. The van der Waals surface area contributed by atoms with E-state index in [1.807, 2.05) is 78.2 Å². The molecule has 4 rings (SSSR count). The van der Waals surface area contributed by atoms with Gasteiger partial charge in [-0.25, -0.2) is 4.98 Å². The van der Waals surface area contributed by atoms with Crippen molar-refractivity contribution in [3.63, 3.8) is 0 Å². The van der Waals surface area contributed by atoms with E-state index in [1.54, 1.807) is 18.7 Å². The summed E-state index contributed by atoms with van der Waals surface area (Å²) in [7, 11) is 0. The number of benzene rings is 3. The molecule has 0 fully saturated rings. The number of rotatable bonds is 10. The summed E-state index contributed by atoms with van der Waals surface area (Å²) in [4.78, 5) is 17.6. The molecule has 0 aliphatic rings. The van der Waals surface area contributed by atoms with Gasteiger partial charge in [0.1, 0.15) is 17.4 Å². The minimum Gasteiger partial charge on any atom is -0.489 e. The zero-order valence-electron chi connectivity index (χ0n) is 19.1. The molecule has 0 saturated heterocycles. The predicted octanol–water partition coefficient (Wildman–Crippen LogP) is 7.23. The van der Waals surface area contributed by atoms with E-state index in [1.165, 1.54) is 11.3 Å². The fraction of sp³-hybridized carbons (Fsp3) is 0.185. The molecule has 3 N–H and O–H groups in total. The van der Waals surface area contributed by atoms with Crippen molar-refractivity contribution >= 4 is 40.7 Å². The van der Waals surface area contributed by atoms with E-state index in [-0.39, 0.29) is 6.42 Å². The number of carboxylic acids is 1. The van der Waals surface area contributed by atoms with Crippen LogP contribution in [0.15, 0.2) is 88.0 Å². The highest BCUT2D eigenvalue weighted by atomic mass is 35.5. The fourth-order valence-corrected chi connectivity index (χ4v) is 5.58. The number of aromatic nitrogens is 1. The first kappa shape index (κ1) is 25.3. The first-order valence-corrected chi connectivity index (χ1v) is 13.1. The third-order valence-corrected chi connectivity index (χ3v) is 7.77. The van der Waals surface area contributed by atoms with Gasteiger partial charge in [0.25, 0.3) is 0 Å². The van der Waals surface area contributed by atoms with E-state index >= 15 is 0 Å². The van der Waals surface area contributed by atoms with Crippen LogP contribution in [-0.4, -0.2) is 16.1 Å². The summed E-state index contributed by atoms with van der Waals surface area (Å²) in [6, 6.07) is 23.9. The summed E-state index contributed by atoms with van der Waals surface area (Å²) in [5, 5.41) is 12.2. The van der Waals surface area contributed by atoms with E-state index in [0.29, 0.717) is 23.1 Å². The van der Waals surface area contributed by atoms with Crippen molar-refractivity contribution in [2.24, 2.45) is 5.73 Å². The molecule has 3 aromatic carbocycles. The van der Waals surface area contributed by atoms with Crippen LogP contribution in [0.5, 0.6) is 5.75 Å². The Hall–Kier alpha value is -2.84. The molecule has 0 unspecified atom stereocenters. The molecule has 1 aromatic heterocycles. The monoisotopic (exact) mass is 524 g/mol. The lowest BCUT2D eigenvalue weighted by atomic mass is 9.98. The molecule has 5 nitrogen and oxygen atoms in total. The van der Waals surface area contributed by atoms with E-state index in [0.717, 1.165) is 32.4 Å². The molecule has 0 aliphatic carbocycles. The summed E-state index contributed by atoms with van der Waals surface area (Å²) in [6.45, 7) is 2.32. The maximum Gasteiger partial charge on any atom is 0.303 e. The van der Waals surface area contributed by atoms with Gasteiger partial charge in [-0.1, -0.05) is 65.8 Å². The zero-order valence-corrected chi connectivity index (χ0v) is 21.5. The van der Waals surface area contributed by atoms with E-state index < -0.39 is 11.5 Å². The molecule has 1 atom stereocenters. The van der Waals surface area contributed by atoms with Crippen LogP contribution in [0, 0.1) is 0 Å². The largest absolute Gasteiger partial charge is 0.489 e. The number of carbonyl (C=O) groups is 1. The minimum atomic E-state index is -0.872. The van der Waals surface area contributed by atoms with Crippen LogP contribution >= 0.6 is 34.7 Å². The smallest absolute Gasteiger partial charge is 0.303 e. The second-order valence-corrected chi connectivity index (χ2v) is 10.8. The van der Waals surface area contributed by atoms with E-state index in [4.69, 9.17) is 27.2 Å². The highest BCUT2D eigenvalue weighted by molar-refractivity contribution is 7.99. The van der Waals surface area contributed by atoms with Crippen LogP contribution in [-0.2, 0) is 16.9 Å². The second-order valence-electron chi connectivity index (χ2n) is 8.34. The fourth-order valence-electron chi connectivity index (χ4n) is 3.40. The maximum absolute atomic E-state index is 10.9. The topological polar surface area (TPSA) is 85.4 Å². The lowest BCUT2D eigenvalue weighted by molar-refractivity contribution is -0.137. The summed E-state index contributed by atoms with van der Waals surface area (Å²) in [5.41, 5.74) is 8.19. The van der Waals surface area contributed by atoms with Crippen molar-refractivity contribution in [3.05, 3.63) is 93.8 Å². The summed E-state index contributed by atoms with van der Waals surface area (Å²) >= 11 is 9.64. The molecule has 35 heavy (non-hydrogen) atoms. The second kappa shape index (κ2) is 11.3. The van der Waals surface area contributed by atoms with Gasteiger partial charge in [-0.15, -0.1) is 11.3 Å². The number of aliphatic carboxylic acids is 1. The van der Waals surface area contributed by atoms with Gasteiger partial charge in [0.15, 0.2) is 0 Å². The SMILES string of the molecule is C[C@](N)(CCC(=O)O)c1nc(-c2ccc(Sc3cccc(OCc4ccccc4)c3)cc2Cl)cs1. The van der Waals surface area contributed by atoms with Crippen LogP contribution < -0.4 is 10.5 Å². The van der Waals surface area contributed by atoms with Crippen LogP contribution in [0.1, 0.15) is 30.3 Å². The molecule has 0 aliphatic heterocycles. The van der Waals surface area contributed by atoms with Crippen molar-refractivity contribution < 1.29 is 14.6 Å². The summed E-state index contributed by atoms with van der Waals surface area (Å²) < 4.78 is 5.94. The molecule has 0 saturated carbocycles. The van der Waals surface area contributed by atoms with Gasteiger partial charge >= 0.3 is 5.97 Å². The maximum atomic E-state index is 10.9. The summed E-state index contributed by atoms with van der Waals surface area (Å²) in [6.07, 6.45) is 0.305. The van der Waals surface area contributed by atoms with Gasteiger partial charge in [-0.2, -0.15) is 0 Å². The quantitative estimate of drug-likeness (QED) is 0.227. The van der Waals surface area contributed by atoms with Crippen molar-refractivity contribution in [2.45, 2.75) is 41.7 Å². The first-order chi connectivity index (χ1) is 16.8. The Labute approximate surface area is 217 Å². The lowest BCUT2D eigenvalue weighted by Crippen LogP contribution is -2.33. The summed E-state index contributed by atoms with van der Waals surface area (Å²) in [5.74, 6) is -0.0628. The van der Waals surface area contributed by atoms with Gasteiger partial charge in [0.05, 0.1) is 16.3 Å². The van der Waals surface area contributed by atoms with E-state index in [2.05, 4.69) is 4.98 Å². The van der Waals surface area contributed by atoms with Gasteiger partial charge in [0.2, 0.25) is 0 Å². The molecule has 4 aromatic rings. The Morgan fingerprint density at radius 1 is 1.11 bits per heavy atom. The molecular weight excluding hydrogens is 500 g/mol. The number of hydrogen-bond donors (Lipinski definition) is 2. The Morgan fingerprint density at radius 3 is 2.63 bits per heavy atom. The molecule has 0 bridgehead atoms. The third kappa shape index (κ3) is 6.86. The first-order valence-electron chi connectivity index (χ1n) is 11.0. The molecule has 1 heterocycles. The highest BCUT2D eigenvalue weighted by Gasteiger charge is 2.26. The van der Waals surface area contributed by atoms with Gasteiger partial charge in [-0.05, 0) is 49.2 Å². The molecule has 8 heteroatoms. The number of ether oxygens (including phenoxy) is 1. The Balaban J connectivity index is 1.44. The number of nitrogens with two attached hydrogens (primary N) is 1. The van der Waals surface area contributed by atoms with Gasteiger partial charge < -0.3 is 15.6 Å². The Morgan fingerprint density at radius 2 is 1.89 bits per heavy atom.